The number of carbonyl (C=O) groups is 1. The third-order valence-corrected chi connectivity index (χ3v) is 7.03. The van der Waals surface area contributed by atoms with Crippen LogP contribution in [0.2, 0.25) is 0 Å². The average molecular weight is 559 g/mol. The fourth-order valence-corrected chi connectivity index (χ4v) is 5.22. The molecular formula is C25H28BrN5O3S. The molecule has 184 valence electrons. The van der Waals surface area contributed by atoms with Crippen molar-refractivity contribution in [3.05, 3.63) is 63.8 Å². The number of thioether (sulfide) groups is 1. The van der Waals surface area contributed by atoms with Crippen LogP contribution in [0.3, 0.4) is 0 Å². The van der Waals surface area contributed by atoms with Crippen molar-refractivity contribution in [2.24, 2.45) is 0 Å². The number of halogens is 1. The van der Waals surface area contributed by atoms with E-state index in [1.54, 1.807) is 23.6 Å². The lowest BCUT2D eigenvalue weighted by molar-refractivity contribution is -0.113. The summed E-state index contributed by atoms with van der Waals surface area (Å²) in [6.07, 6.45) is 1.01. The Morgan fingerprint density at radius 3 is 2.71 bits per heavy atom. The molecule has 0 bridgehead atoms. The number of para-hydroxylation sites is 1. The van der Waals surface area contributed by atoms with Crippen molar-refractivity contribution >= 4 is 45.2 Å². The predicted molar refractivity (Wildman–Crippen MR) is 142 cm³/mol. The van der Waals surface area contributed by atoms with Gasteiger partial charge in [-0.1, -0.05) is 36.9 Å². The lowest BCUT2D eigenvalue weighted by atomic mass is 9.94. The molecule has 1 aliphatic rings. The first-order valence-electron chi connectivity index (χ1n) is 11.4. The molecule has 1 aliphatic heterocycles. The maximum atomic E-state index is 13.6. The monoisotopic (exact) mass is 557 g/mol. The van der Waals surface area contributed by atoms with E-state index in [1.165, 1.54) is 0 Å². The molecule has 2 heterocycles. The van der Waals surface area contributed by atoms with Crippen molar-refractivity contribution in [1.82, 2.24) is 14.8 Å². The summed E-state index contributed by atoms with van der Waals surface area (Å²) in [4.78, 5) is 18.3. The molecule has 8 nitrogen and oxygen atoms in total. The van der Waals surface area contributed by atoms with Crippen molar-refractivity contribution < 1.29 is 14.3 Å². The van der Waals surface area contributed by atoms with Gasteiger partial charge in [0.05, 0.1) is 23.8 Å². The van der Waals surface area contributed by atoms with Gasteiger partial charge in [0.15, 0.2) is 11.5 Å². The Morgan fingerprint density at radius 2 is 2.03 bits per heavy atom. The van der Waals surface area contributed by atoms with Crippen LogP contribution in [-0.4, -0.2) is 40.1 Å². The minimum absolute atomic E-state index is 0.222. The molecule has 0 saturated carbocycles. The van der Waals surface area contributed by atoms with Crippen LogP contribution in [-0.2, 0) is 4.79 Å². The van der Waals surface area contributed by atoms with Crippen LogP contribution in [0.25, 0.3) is 0 Å². The topological polar surface area (TPSA) is 90.3 Å². The highest BCUT2D eigenvalue weighted by molar-refractivity contribution is 9.10. The molecule has 0 aliphatic carbocycles. The van der Waals surface area contributed by atoms with Crippen LogP contribution >= 0.6 is 27.7 Å². The third-order valence-electron chi connectivity index (χ3n) is 5.40. The highest BCUT2D eigenvalue weighted by atomic mass is 79.9. The van der Waals surface area contributed by atoms with Crippen LogP contribution in [0.5, 0.6) is 11.5 Å². The number of nitrogens with zero attached hydrogens (tertiary/aromatic N) is 3. The second-order valence-corrected chi connectivity index (χ2v) is 9.78. The Bertz CT molecular complexity index is 1250. The number of fused-ring (bicyclic) bond motifs is 1. The van der Waals surface area contributed by atoms with E-state index in [0.29, 0.717) is 46.2 Å². The fraction of sp³-hybridized carbons (Fsp3) is 0.320. The molecule has 4 rings (SSSR count). The first-order chi connectivity index (χ1) is 17.0. The molecule has 2 aromatic carbocycles. The maximum absolute atomic E-state index is 13.6. The zero-order valence-electron chi connectivity index (χ0n) is 20.1. The maximum Gasteiger partial charge on any atom is 0.255 e. The molecule has 35 heavy (non-hydrogen) atoms. The van der Waals surface area contributed by atoms with Gasteiger partial charge in [-0.2, -0.15) is 4.98 Å². The minimum Gasteiger partial charge on any atom is -0.492 e. The SMILES string of the molecule is CCCSc1nc2n(n1)C(c1cc(Br)c(OC)c(OCC)c1)C(C(=O)Nc1ccccc1)=C(C)N2. The summed E-state index contributed by atoms with van der Waals surface area (Å²) in [7, 11) is 1.60. The summed E-state index contributed by atoms with van der Waals surface area (Å²) in [6, 6.07) is 12.7. The fourth-order valence-electron chi connectivity index (χ4n) is 3.91. The molecule has 0 spiro atoms. The number of benzene rings is 2. The van der Waals surface area contributed by atoms with E-state index < -0.39 is 6.04 Å². The van der Waals surface area contributed by atoms with E-state index in [2.05, 4.69) is 38.5 Å². The van der Waals surface area contributed by atoms with E-state index in [9.17, 15) is 4.79 Å². The number of hydrogen-bond acceptors (Lipinski definition) is 7. The minimum atomic E-state index is -0.528. The van der Waals surface area contributed by atoms with Crippen LogP contribution in [0.15, 0.2) is 63.4 Å². The van der Waals surface area contributed by atoms with Gasteiger partial charge in [-0.15, -0.1) is 5.10 Å². The number of hydrogen-bond donors (Lipinski definition) is 2. The molecular weight excluding hydrogens is 530 g/mol. The lowest BCUT2D eigenvalue weighted by Gasteiger charge is -2.29. The normalized spacial score (nSPS) is 14.8. The number of ether oxygens (including phenoxy) is 2. The van der Waals surface area contributed by atoms with E-state index in [-0.39, 0.29) is 5.91 Å². The first kappa shape index (κ1) is 25.1. The van der Waals surface area contributed by atoms with E-state index >= 15 is 0 Å². The highest BCUT2D eigenvalue weighted by Crippen LogP contribution is 2.43. The molecule has 0 fully saturated rings. The quantitative estimate of drug-likeness (QED) is 0.317. The van der Waals surface area contributed by atoms with Crippen LogP contribution in [0, 0.1) is 0 Å². The summed E-state index contributed by atoms with van der Waals surface area (Å²) in [6.45, 7) is 6.39. The highest BCUT2D eigenvalue weighted by Gasteiger charge is 2.35. The average Bonchev–Trinajstić information content (AvgIpc) is 3.24. The van der Waals surface area contributed by atoms with E-state index in [4.69, 9.17) is 14.6 Å². The van der Waals surface area contributed by atoms with E-state index in [1.807, 2.05) is 56.3 Å². The van der Waals surface area contributed by atoms with Gasteiger partial charge in [-0.25, -0.2) is 4.68 Å². The second-order valence-electron chi connectivity index (χ2n) is 7.86. The number of methoxy groups -OCH3 is 1. The summed E-state index contributed by atoms with van der Waals surface area (Å²) in [5.74, 6) is 2.45. The molecule has 1 aromatic heterocycles. The standard InChI is InChI=1S/C25H28BrN5O3S/c1-5-12-35-25-29-24-27-15(3)20(23(32)28-17-10-8-7-9-11-17)21(31(24)30-25)16-13-18(26)22(33-4)19(14-16)34-6-2/h7-11,13-14,21H,5-6,12H2,1-4H3,(H,28,32)(H,27,29,30). The van der Waals surface area contributed by atoms with Gasteiger partial charge in [0.2, 0.25) is 11.1 Å². The molecule has 1 atom stereocenters. The number of anilines is 2. The van der Waals surface area contributed by atoms with Crippen LogP contribution in [0.4, 0.5) is 11.6 Å². The summed E-state index contributed by atoms with van der Waals surface area (Å²) < 4.78 is 13.9. The first-order valence-corrected chi connectivity index (χ1v) is 13.2. The molecule has 3 aromatic rings. The second kappa shape index (κ2) is 11.2. The van der Waals surface area contributed by atoms with Crippen molar-refractivity contribution in [1.29, 1.82) is 0 Å². The number of amides is 1. The number of aromatic nitrogens is 3. The molecule has 1 amide bonds. The number of carbonyl (C=O) groups excluding carboxylic acids is 1. The van der Waals surface area contributed by atoms with Crippen molar-refractivity contribution in [3.63, 3.8) is 0 Å². The largest absolute Gasteiger partial charge is 0.492 e. The molecule has 1 unspecified atom stereocenters. The summed E-state index contributed by atoms with van der Waals surface area (Å²) >= 11 is 5.20. The Labute approximate surface area is 217 Å². The Kier molecular flexibility index (Phi) is 8.02. The Morgan fingerprint density at radius 1 is 1.26 bits per heavy atom. The summed E-state index contributed by atoms with van der Waals surface area (Å²) in [5.41, 5.74) is 2.78. The number of allylic oxidation sites excluding steroid dienone is 1. The van der Waals surface area contributed by atoms with E-state index in [0.717, 1.165) is 22.2 Å². The number of nitrogens with one attached hydrogen (secondary N) is 2. The molecule has 10 heteroatoms. The van der Waals surface area contributed by atoms with Crippen LogP contribution in [0.1, 0.15) is 38.8 Å². The Hall–Kier alpha value is -2.98. The van der Waals surface area contributed by atoms with Gasteiger partial charge < -0.3 is 20.1 Å². The van der Waals surface area contributed by atoms with Crippen molar-refractivity contribution in [2.45, 2.75) is 38.4 Å². The third kappa shape index (κ3) is 5.33. The smallest absolute Gasteiger partial charge is 0.255 e. The van der Waals surface area contributed by atoms with Crippen molar-refractivity contribution in [3.8, 4) is 11.5 Å². The number of rotatable bonds is 9. The molecule has 0 radical (unpaired) electrons. The van der Waals surface area contributed by atoms with Crippen molar-refractivity contribution in [2.75, 3.05) is 30.1 Å². The lowest BCUT2D eigenvalue weighted by Crippen LogP contribution is -2.31. The predicted octanol–water partition coefficient (Wildman–Crippen LogP) is 5.88. The zero-order chi connectivity index (χ0) is 24.9. The summed E-state index contributed by atoms with van der Waals surface area (Å²) in [5, 5.41) is 11.7. The van der Waals surface area contributed by atoms with Gasteiger partial charge in [0.1, 0.15) is 6.04 Å². The Balaban J connectivity index is 1.84. The van der Waals surface area contributed by atoms with Gasteiger partial charge in [0.25, 0.3) is 5.91 Å². The van der Waals surface area contributed by atoms with Gasteiger partial charge in [-0.05, 0) is 66.0 Å². The molecule has 0 saturated heterocycles. The van der Waals surface area contributed by atoms with Gasteiger partial charge in [0, 0.05) is 17.1 Å². The zero-order valence-corrected chi connectivity index (χ0v) is 22.5. The van der Waals surface area contributed by atoms with Crippen LogP contribution < -0.4 is 20.1 Å². The van der Waals surface area contributed by atoms with Gasteiger partial charge in [-0.3, -0.25) is 4.79 Å². The van der Waals surface area contributed by atoms with Gasteiger partial charge >= 0.3 is 0 Å². The molecule has 2 N–H and O–H groups in total.